The molecule has 2 fully saturated rings. The molecule has 1 aromatic rings. The molecule has 3 heterocycles. The molecule has 0 bridgehead atoms. The van der Waals surface area contributed by atoms with Gasteiger partial charge in [-0.3, -0.25) is 4.99 Å². The van der Waals surface area contributed by atoms with Gasteiger partial charge < -0.3 is 9.64 Å². The number of alkyl halides is 3. The van der Waals surface area contributed by atoms with Crippen LogP contribution >= 0.6 is 0 Å². The van der Waals surface area contributed by atoms with Crippen molar-refractivity contribution >= 4 is 17.6 Å². The maximum atomic E-state index is 14.4. The average molecular weight is 582 g/mol. The standard InChI is InChI=1S/C35H46F3N3O/c1-5-7-29(27-8-6-9-32-34(40-22-39-32)31(21-27)35(36,37)38)33(23(2)3)30-20-26(11-10-24(30)4)25-12-16-41(17-13-25)28-14-18-42-19-15-28/h8,10-11,20-23,25,28,32H,5-7,9,12-19H2,1-4H3/b27-8+,31-21+,33-29+. The summed E-state index contributed by atoms with van der Waals surface area (Å²) >= 11 is 0. The Morgan fingerprint density at radius 2 is 1.81 bits per heavy atom. The number of rotatable bonds is 7. The zero-order chi connectivity index (χ0) is 29.9. The first-order valence-electron chi connectivity index (χ1n) is 15.9. The van der Waals surface area contributed by atoms with E-state index in [1.165, 1.54) is 34.7 Å². The van der Waals surface area contributed by atoms with Crippen molar-refractivity contribution < 1.29 is 17.9 Å². The quantitative estimate of drug-likeness (QED) is 0.323. The summed E-state index contributed by atoms with van der Waals surface area (Å²) in [6.45, 7) is 12.5. The molecule has 5 rings (SSSR count). The summed E-state index contributed by atoms with van der Waals surface area (Å²) in [7, 11) is 0. The fourth-order valence-electron chi connectivity index (χ4n) is 7.25. The number of halogens is 3. The van der Waals surface area contributed by atoms with Crippen molar-refractivity contribution in [2.45, 2.75) is 103 Å². The normalized spacial score (nSPS) is 26.1. The number of benzene rings is 1. The molecular formula is C35H46F3N3O. The van der Waals surface area contributed by atoms with Gasteiger partial charge in [0.2, 0.25) is 0 Å². The monoisotopic (exact) mass is 581 g/mol. The van der Waals surface area contributed by atoms with Crippen LogP contribution in [0, 0.1) is 12.8 Å². The average Bonchev–Trinajstić information content (AvgIpc) is 3.40. The van der Waals surface area contributed by atoms with Crippen molar-refractivity contribution in [1.82, 2.24) is 4.90 Å². The van der Waals surface area contributed by atoms with Gasteiger partial charge in [-0.2, -0.15) is 13.2 Å². The van der Waals surface area contributed by atoms with Crippen molar-refractivity contribution in [3.05, 3.63) is 63.8 Å². The Labute approximate surface area is 249 Å². The lowest BCUT2D eigenvalue weighted by Gasteiger charge is -2.39. The highest BCUT2D eigenvalue weighted by Crippen LogP contribution is 2.41. The Bertz CT molecular complexity index is 1270. The number of hydrogen-bond donors (Lipinski definition) is 0. The lowest BCUT2D eigenvalue weighted by atomic mass is 9.79. The van der Waals surface area contributed by atoms with Crippen LogP contribution in [0.2, 0.25) is 0 Å². The Balaban J connectivity index is 1.51. The third-order valence-corrected chi connectivity index (χ3v) is 9.46. The maximum Gasteiger partial charge on any atom is 0.418 e. The van der Waals surface area contributed by atoms with E-state index in [9.17, 15) is 13.2 Å². The minimum Gasteiger partial charge on any atom is -0.381 e. The van der Waals surface area contributed by atoms with Crippen LogP contribution in [0.5, 0.6) is 0 Å². The number of piperidine rings is 1. The number of likely N-dealkylation sites (tertiary alicyclic amines) is 1. The molecule has 1 unspecified atom stereocenters. The van der Waals surface area contributed by atoms with Crippen LogP contribution in [-0.2, 0) is 4.74 Å². The first-order chi connectivity index (χ1) is 20.2. The molecule has 1 atom stereocenters. The van der Waals surface area contributed by atoms with E-state index < -0.39 is 17.8 Å². The van der Waals surface area contributed by atoms with E-state index >= 15 is 0 Å². The van der Waals surface area contributed by atoms with E-state index in [1.807, 2.05) is 6.08 Å². The van der Waals surface area contributed by atoms with E-state index in [4.69, 9.17) is 4.74 Å². The van der Waals surface area contributed by atoms with Gasteiger partial charge in [0.15, 0.2) is 0 Å². The van der Waals surface area contributed by atoms with Crippen molar-refractivity contribution in [2.75, 3.05) is 26.3 Å². The van der Waals surface area contributed by atoms with Gasteiger partial charge in [0.25, 0.3) is 0 Å². The van der Waals surface area contributed by atoms with Gasteiger partial charge in [-0.05, 0) is 116 Å². The Morgan fingerprint density at radius 3 is 2.48 bits per heavy atom. The first kappa shape index (κ1) is 30.9. The molecule has 4 nitrogen and oxygen atoms in total. The number of nitrogens with zero attached hydrogens (tertiary/aromatic N) is 3. The van der Waals surface area contributed by atoms with Gasteiger partial charge in [0, 0.05) is 19.3 Å². The number of ether oxygens (including phenoxy) is 1. The molecule has 1 aliphatic carbocycles. The summed E-state index contributed by atoms with van der Waals surface area (Å²) in [4.78, 5) is 11.0. The minimum atomic E-state index is -4.49. The molecule has 0 radical (unpaired) electrons. The Hall–Kier alpha value is -2.51. The predicted molar refractivity (Wildman–Crippen MR) is 166 cm³/mol. The fraction of sp³-hybridized carbons (Fsp3) is 0.600. The molecule has 0 spiro atoms. The second kappa shape index (κ2) is 13.4. The molecule has 3 aliphatic heterocycles. The summed E-state index contributed by atoms with van der Waals surface area (Å²) in [5.41, 5.74) is 6.00. The Kier molecular flexibility index (Phi) is 9.88. The summed E-state index contributed by atoms with van der Waals surface area (Å²) < 4.78 is 48.8. The molecular weight excluding hydrogens is 535 g/mol. The maximum absolute atomic E-state index is 14.4. The van der Waals surface area contributed by atoms with Crippen molar-refractivity contribution in [3.8, 4) is 0 Å². The molecule has 4 aliphatic rings. The lowest BCUT2D eigenvalue weighted by Crippen LogP contribution is -2.43. The molecule has 0 amide bonds. The largest absolute Gasteiger partial charge is 0.418 e. The number of aliphatic imine (C=N–C) groups is 2. The van der Waals surface area contributed by atoms with Gasteiger partial charge in [-0.25, -0.2) is 4.99 Å². The van der Waals surface area contributed by atoms with Crippen LogP contribution in [0.1, 0.15) is 94.7 Å². The topological polar surface area (TPSA) is 37.2 Å². The highest BCUT2D eigenvalue weighted by atomic mass is 19.4. The van der Waals surface area contributed by atoms with Gasteiger partial charge in [-0.1, -0.05) is 51.5 Å². The zero-order valence-corrected chi connectivity index (χ0v) is 25.6. The van der Waals surface area contributed by atoms with Crippen molar-refractivity contribution in [1.29, 1.82) is 0 Å². The van der Waals surface area contributed by atoms with Crippen LogP contribution in [-0.4, -0.2) is 61.5 Å². The molecule has 0 saturated carbocycles. The van der Waals surface area contributed by atoms with E-state index in [-0.39, 0.29) is 11.6 Å². The van der Waals surface area contributed by atoms with Crippen molar-refractivity contribution in [3.63, 3.8) is 0 Å². The number of aryl methyl sites for hydroxylation is 1. The SMILES string of the molecule is CCCC(/C1=C/CCC2N=CN=C2/C(C(F)(F)F)=C\1)=C(\c1cc(C2CCN(C3CCOCC3)CC2)ccc1C)C(C)C. The molecule has 2 saturated heterocycles. The fourth-order valence-corrected chi connectivity index (χ4v) is 7.25. The van der Waals surface area contributed by atoms with Gasteiger partial charge >= 0.3 is 6.18 Å². The van der Waals surface area contributed by atoms with Gasteiger partial charge in [0.1, 0.15) is 6.34 Å². The van der Waals surface area contributed by atoms with E-state index in [1.54, 1.807) is 0 Å². The predicted octanol–water partition coefficient (Wildman–Crippen LogP) is 8.62. The molecule has 42 heavy (non-hydrogen) atoms. The molecule has 7 heteroatoms. The highest BCUT2D eigenvalue weighted by molar-refractivity contribution is 6.11. The van der Waals surface area contributed by atoms with Crippen LogP contribution < -0.4 is 0 Å². The van der Waals surface area contributed by atoms with Crippen LogP contribution in [0.3, 0.4) is 0 Å². The third-order valence-electron chi connectivity index (χ3n) is 9.46. The van der Waals surface area contributed by atoms with E-state index in [0.717, 1.165) is 70.4 Å². The Morgan fingerprint density at radius 1 is 1.07 bits per heavy atom. The number of fused-ring (bicyclic) bond motifs is 1. The smallest absolute Gasteiger partial charge is 0.381 e. The second-order valence-corrected chi connectivity index (χ2v) is 12.6. The molecule has 1 aromatic carbocycles. The second-order valence-electron chi connectivity index (χ2n) is 12.6. The summed E-state index contributed by atoms with van der Waals surface area (Å²) in [5.74, 6) is 0.656. The molecule has 0 N–H and O–H groups in total. The highest BCUT2D eigenvalue weighted by Gasteiger charge is 2.41. The lowest BCUT2D eigenvalue weighted by molar-refractivity contribution is -0.0863. The third kappa shape index (κ3) is 6.83. The minimum absolute atomic E-state index is 0.0559. The number of hydrogen-bond acceptors (Lipinski definition) is 4. The van der Waals surface area contributed by atoms with Crippen molar-refractivity contribution in [2.24, 2.45) is 15.9 Å². The van der Waals surface area contributed by atoms with E-state index in [2.05, 4.69) is 60.8 Å². The van der Waals surface area contributed by atoms with Gasteiger partial charge in [0.05, 0.1) is 17.3 Å². The summed E-state index contributed by atoms with van der Waals surface area (Å²) in [6, 6.07) is 6.98. The van der Waals surface area contributed by atoms with E-state index in [0.29, 0.717) is 30.4 Å². The molecule has 228 valence electrons. The number of allylic oxidation sites excluding steroid dienone is 5. The zero-order valence-electron chi connectivity index (χ0n) is 25.6. The van der Waals surface area contributed by atoms with Crippen LogP contribution in [0.15, 0.2) is 57.1 Å². The summed E-state index contributed by atoms with van der Waals surface area (Å²) in [5, 5.41) is 0. The van der Waals surface area contributed by atoms with Gasteiger partial charge in [-0.15, -0.1) is 0 Å². The molecule has 0 aromatic heterocycles. The van der Waals surface area contributed by atoms with Crippen LogP contribution in [0.4, 0.5) is 13.2 Å². The first-order valence-corrected chi connectivity index (χ1v) is 15.9. The van der Waals surface area contributed by atoms with Crippen LogP contribution in [0.25, 0.3) is 5.57 Å². The summed E-state index contributed by atoms with van der Waals surface area (Å²) in [6.07, 6.45) is 7.47.